The highest BCUT2D eigenvalue weighted by Gasteiger charge is 2.23. The first kappa shape index (κ1) is 22.8. The zero-order valence-electron chi connectivity index (χ0n) is 17.7. The molecule has 0 atom stereocenters. The van der Waals surface area contributed by atoms with E-state index in [1.165, 1.54) is 18.3 Å². The molecule has 0 unspecified atom stereocenters. The van der Waals surface area contributed by atoms with Crippen LogP contribution in [0.2, 0.25) is 0 Å². The van der Waals surface area contributed by atoms with Crippen molar-refractivity contribution in [1.82, 2.24) is 0 Å². The van der Waals surface area contributed by atoms with Gasteiger partial charge in [0.25, 0.3) is 15.7 Å². The highest BCUT2D eigenvalue weighted by molar-refractivity contribution is 7.92. The third-order valence-corrected chi connectivity index (χ3v) is 5.99. The predicted octanol–water partition coefficient (Wildman–Crippen LogP) is 4.47. The van der Waals surface area contributed by atoms with E-state index < -0.39 is 14.9 Å². The average Bonchev–Trinajstić information content (AvgIpc) is 2.76. The average molecular weight is 455 g/mol. The fourth-order valence-electron chi connectivity index (χ4n) is 2.97. The number of hydrazone groups is 1. The van der Waals surface area contributed by atoms with Gasteiger partial charge in [0.05, 0.1) is 29.6 Å². The third kappa shape index (κ3) is 5.41. The van der Waals surface area contributed by atoms with E-state index in [0.717, 1.165) is 22.8 Å². The Morgan fingerprint density at radius 1 is 1.03 bits per heavy atom. The number of anilines is 2. The van der Waals surface area contributed by atoms with Crippen molar-refractivity contribution < 1.29 is 18.1 Å². The summed E-state index contributed by atoms with van der Waals surface area (Å²) in [5.74, 6) is 0.644. The minimum absolute atomic E-state index is 0.0898. The summed E-state index contributed by atoms with van der Waals surface area (Å²) in [6.45, 7) is 3.67. The molecule has 3 aromatic rings. The van der Waals surface area contributed by atoms with E-state index in [2.05, 4.69) is 15.2 Å². The largest absolute Gasteiger partial charge is 0.497 e. The Labute approximate surface area is 185 Å². The van der Waals surface area contributed by atoms with Crippen molar-refractivity contribution in [3.8, 4) is 5.75 Å². The Bertz CT molecular complexity index is 1290. The van der Waals surface area contributed by atoms with Crippen LogP contribution >= 0.6 is 0 Å². The lowest BCUT2D eigenvalue weighted by atomic mass is 10.1. The van der Waals surface area contributed by atoms with E-state index >= 15 is 0 Å². The molecule has 3 rings (SSSR count). The molecule has 0 saturated heterocycles. The quantitative estimate of drug-likeness (QED) is 0.294. The Morgan fingerprint density at radius 3 is 2.47 bits per heavy atom. The number of hydrogen-bond acceptors (Lipinski definition) is 7. The molecule has 9 nitrogen and oxygen atoms in total. The number of nitro benzene ring substituents is 1. The number of non-ortho nitro benzene ring substituents is 1. The second-order valence-electron chi connectivity index (χ2n) is 7.01. The van der Waals surface area contributed by atoms with Gasteiger partial charge in [-0.05, 0) is 49.2 Å². The lowest BCUT2D eigenvalue weighted by Gasteiger charge is -2.14. The number of methoxy groups -OCH3 is 1. The van der Waals surface area contributed by atoms with E-state index in [4.69, 9.17) is 4.74 Å². The van der Waals surface area contributed by atoms with Gasteiger partial charge in [-0.2, -0.15) is 5.10 Å². The molecule has 166 valence electrons. The predicted molar refractivity (Wildman–Crippen MR) is 124 cm³/mol. The Hall–Kier alpha value is -3.92. The first-order valence-electron chi connectivity index (χ1n) is 9.51. The molecule has 0 fully saturated rings. The highest BCUT2D eigenvalue weighted by Crippen LogP contribution is 2.29. The van der Waals surface area contributed by atoms with Crippen molar-refractivity contribution in [1.29, 1.82) is 0 Å². The molecule has 0 heterocycles. The lowest BCUT2D eigenvalue weighted by molar-refractivity contribution is -0.385. The molecular formula is C22H22N4O5S. The number of aryl methyl sites for hydroxylation is 2. The van der Waals surface area contributed by atoms with Crippen LogP contribution in [0.25, 0.3) is 0 Å². The number of hydrogen-bond donors (Lipinski definition) is 2. The van der Waals surface area contributed by atoms with Crippen LogP contribution in [0.15, 0.2) is 70.7 Å². The molecule has 32 heavy (non-hydrogen) atoms. The van der Waals surface area contributed by atoms with E-state index in [9.17, 15) is 18.5 Å². The summed E-state index contributed by atoms with van der Waals surface area (Å²) < 4.78 is 33.9. The Kier molecular flexibility index (Phi) is 6.74. The molecule has 0 aromatic heterocycles. The summed E-state index contributed by atoms with van der Waals surface area (Å²) in [7, 11) is -2.61. The second-order valence-corrected chi connectivity index (χ2v) is 8.66. The summed E-state index contributed by atoms with van der Waals surface area (Å²) in [6.07, 6.45) is 1.48. The molecule has 2 N–H and O–H groups in total. The third-order valence-electron chi connectivity index (χ3n) is 4.58. The van der Waals surface area contributed by atoms with Crippen LogP contribution in [-0.4, -0.2) is 26.7 Å². The van der Waals surface area contributed by atoms with Gasteiger partial charge in [-0.25, -0.2) is 8.42 Å². The lowest BCUT2D eigenvalue weighted by Crippen LogP contribution is -2.16. The molecule has 0 spiro atoms. The van der Waals surface area contributed by atoms with E-state index in [1.54, 1.807) is 50.4 Å². The van der Waals surface area contributed by atoms with Crippen molar-refractivity contribution in [2.24, 2.45) is 5.10 Å². The van der Waals surface area contributed by atoms with Crippen molar-refractivity contribution in [3.05, 3.63) is 87.5 Å². The molecule has 10 heteroatoms. The van der Waals surface area contributed by atoms with Crippen LogP contribution < -0.4 is 14.9 Å². The number of nitrogens with one attached hydrogen (secondary N) is 2. The molecule has 0 bridgehead atoms. The fraction of sp³-hybridized carbons (Fsp3) is 0.136. The summed E-state index contributed by atoms with van der Waals surface area (Å²) in [5.41, 5.74) is 5.21. The maximum absolute atomic E-state index is 13.1. The normalized spacial score (nSPS) is 11.3. The van der Waals surface area contributed by atoms with Gasteiger partial charge >= 0.3 is 0 Å². The zero-order valence-corrected chi connectivity index (χ0v) is 18.5. The van der Waals surface area contributed by atoms with Crippen LogP contribution in [0, 0.1) is 24.0 Å². The number of benzene rings is 3. The number of nitrogens with zero attached hydrogens (tertiary/aromatic N) is 2. The summed E-state index contributed by atoms with van der Waals surface area (Å²) in [5, 5.41) is 15.3. The minimum atomic E-state index is -4.15. The van der Waals surface area contributed by atoms with Crippen LogP contribution in [0.1, 0.15) is 16.7 Å². The minimum Gasteiger partial charge on any atom is -0.497 e. The SMILES string of the molecule is COc1cccc(C=NNc2ccc([N+](=O)[O-])cc2S(=O)(=O)Nc2ccc(C)cc2C)c1. The molecule has 0 radical (unpaired) electrons. The summed E-state index contributed by atoms with van der Waals surface area (Å²) >= 11 is 0. The van der Waals surface area contributed by atoms with Gasteiger partial charge in [0.2, 0.25) is 0 Å². The van der Waals surface area contributed by atoms with Gasteiger partial charge in [-0.1, -0.05) is 29.8 Å². The second kappa shape index (κ2) is 9.48. The van der Waals surface area contributed by atoms with E-state index in [0.29, 0.717) is 11.4 Å². The molecule has 0 aliphatic rings. The van der Waals surface area contributed by atoms with Crippen LogP contribution in [0.3, 0.4) is 0 Å². The molecule has 0 amide bonds. The van der Waals surface area contributed by atoms with E-state index in [1.807, 2.05) is 13.0 Å². The van der Waals surface area contributed by atoms with Crippen LogP contribution in [0.5, 0.6) is 5.75 Å². The maximum atomic E-state index is 13.1. The van der Waals surface area contributed by atoms with Crippen molar-refractivity contribution in [2.75, 3.05) is 17.3 Å². The Balaban J connectivity index is 1.95. The van der Waals surface area contributed by atoms with Gasteiger partial charge in [-0.3, -0.25) is 20.3 Å². The van der Waals surface area contributed by atoms with Crippen LogP contribution in [0.4, 0.5) is 17.1 Å². The van der Waals surface area contributed by atoms with Gasteiger partial charge in [0.15, 0.2) is 0 Å². The smallest absolute Gasteiger partial charge is 0.270 e. The maximum Gasteiger partial charge on any atom is 0.270 e. The van der Waals surface area contributed by atoms with Crippen molar-refractivity contribution in [2.45, 2.75) is 18.7 Å². The van der Waals surface area contributed by atoms with Gasteiger partial charge in [0, 0.05) is 12.1 Å². The number of nitro groups is 1. The standard InChI is InChI=1S/C22H22N4O5S/c1-15-7-9-20(16(2)11-15)25-32(29,30)22-13-18(26(27)28)8-10-21(22)24-23-14-17-5-4-6-19(12-17)31-3/h4-14,24-25H,1-3H3. The number of sulfonamides is 1. The summed E-state index contributed by atoms with van der Waals surface area (Å²) in [4.78, 5) is 10.3. The van der Waals surface area contributed by atoms with Crippen molar-refractivity contribution in [3.63, 3.8) is 0 Å². The monoisotopic (exact) mass is 454 g/mol. The molecule has 0 saturated carbocycles. The van der Waals surface area contributed by atoms with E-state index in [-0.39, 0.29) is 16.3 Å². The van der Waals surface area contributed by atoms with Gasteiger partial charge in [-0.15, -0.1) is 0 Å². The molecular weight excluding hydrogens is 432 g/mol. The fourth-order valence-corrected chi connectivity index (χ4v) is 4.27. The van der Waals surface area contributed by atoms with Gasteiger partial charge < -0.3 is 4.74 Å². The highest BCUT2D eigenvalue weighted by atomic mass is 32.2. The molecule has 3 aromatic carbocycles. The van der Waals surface area contributed by atoms with Gasteiger partial charge in [0.1, 0.15) is 10.6 Å². The molecule has 0 aliphatic heterocycles. The van der Waals surface area contributed by atoms with Crippen LogP contribution in [-0.2, 0) is 10.0 Å². The first-order valence-corrected chi connectivity index (χ1v) is 11.0. The van der Waals surface area contributed by atoms with Crippen molar-refractivity contribution >= 4 is 33.3 Å². The number of rotatable bonds is 8. The molecule has 0 aliphatic carbocycles. The summed E-state index contributed by atoms with van der Waals surface area (Å²) in [6, 6.07) is 15.9. The zero-order chi connectivity index (χ0) is 23.3. The Morgan fingerprint density at radius 2 is 1.78 bits per heavy atom. The topological polar surface area (TPSA) is 123 Å². The number of ether oxygens (including phenoxy) is 1. The first-order chi connectivity index (χ1) is 15.2.